The smallest absolute Gasteiger partial charge is 0.101 e. The van der Waals surface area contributed by atoms with Crippen LogP contribution < -0.4 is 0 Å². The van der Waals surface area contributed by atoms with Gasteiger partial charge in [-0.3, -0.25) is 0 Å². The van der Waals surface area contributed by atoms with E-state index >= 15 is 0 Å². The third-order valence-corrected chi connectivity index (χ3v) is 8.17. The van der Waals surface area contributed by atoms with Gasteiger partial charge in [-0.05, 0) is 26.2 Å². The van der Waals surface area contributed by atoms with Gasteiger partial charge in [0.25, 0.3) is 0 Å². The zero-order chi connectivity index (χ0) is 25.2. The summed E-state index contributed by atoms with van der Waals surface area (Å²) in [6.07, 6.45) is 41.3. The summed E-state index contributed by atoms with van der Waals surface area (Å²) in [5, 5.41) is 0. The van der Waals surface area contributed by atoms with Crippen molar-refractivity contribution in [2.75, 3.05) is 13.1 Å². The molecule has 2 heteroatoms. The van der Waals surface area contributed by atoms with E-state index in [4.69, 9.17) is 0 Å². The molecule has 0 aromatic rings. The lowest BCUT2D eigenvalue weighted by Crippen LogP contribution is -2.38. The second-order valence-electron chi connectivity index (χ2n) is 11.4. The fourth-order valence-electron chi connectivity index (χ4n) is 5.74. The van der Waals surface area contributed by atoms with Gasteiger partial charge < -0.3 is 9.80 Å². The number of hydrogen-bond donors (Lipinski definition) is 0. The lowest BCUT2D eigenvalue weighted by Gasteiger charge is -2.32. The molecule has 0 aliphatic carbocycles. The van der Waals surface area contributed by atoms with Gasteiger partial charge in [-0.2, -0.15) is 0 Å². The molecule has 35 heavy (non-hydrogen) atoms. The van der Waals surface area contributed by atoms with Crippen molar-refractivity contribution in [2.45, 2.75) is 187 Å². The number of unbranched alkanes of at least 4 members (excludes halogenated alkanes) is 22. The highest BCUT2D eigenvalue weighted by atomic mass is 15.4. The van der Waals surface area contributed by atoms with Crippen molar-refractivity contribution in [3.8, 4) is 0 Å². The molecule has 208 valence electrons. The molecule has 0 radical (unpaired) electrons. The van der Waals surface area contributed by atoms with Gasteiger partial charge in [0.2, 0.25) is 0 Å². The Bertz CT molecular complexity index is 446. The maximum Gasteiger partial charge on any atom is 0.101 e. The van der Waals surface area contributed by atoms with E-state index in [1.54, 1.807) is 0 Å². The molecule has 0 bridgehead atoms. The zero-order valence-corrected chi connectivity index (χ0v) is 24.7. The first-order chi connectivity index (χ1) is 17.3. The van der Waals surface area contributed by atoms with E-state index < -0.39 is 0 Å². The van der Waals surface area contributed by atoms with Crippen LogP contribution in [0.25, 0.3) is 0 Å². The van der Waals surface area contributed by atoms with E-state index in [9.17, 15) is 0 Å². The van der Waals surface area contributed by atoms with Crippen molar-refractivity contribution in [1.29, 1.82) is 0 Å². The van der Waals surface area contributed by atoms with Gasteiger partial charge in [0.15, 0.2) is 0 Å². The first-order valence-corrected chi connectivity index (χ1v) is 16.5. The largest absolute Gasteiger partial charge is 0.356 e. The topological polar surface area (TPSA) is 6.48 Å². The van der Waals surface area contributed by atoms with Crippen LogP contribution in [-0.4, -0.2) is 29.1 Å². The lowest BCUT2D eigenvalue weighted by atomic mass is 10.0. The molecule has 1 aliphatic rings. The quantitative estimate of drug-likeness (QED) is 0.106. The van der Waals surface area contributed by atoms with Gasteiger partial charge in [-0.15, -0.1) is 0 Å². The van der Waals surface area contributed by atoms with Crippen LogP contribution in [0.4, 0.5) is 0 Å². The molecule has 0 aromatic heterocycles. The van der Waals surface area contributed by atoms with Crippen LogP contribution in [0, 0.1) is 0 Å². The fourth-order valence-corrected chi connectivity index (χ4v) is 5.74. The van der Waals surface area contributed by atoms with Gasteiger partial charge in [0.1, 0.15) is 6.17 Å². The standard InChI is InChI=1S/C33H66N2/c1-4-7-9-11-13-15-17-18-19-21-23-25-27-29-33-34(6-3)31-32-35(33)30-28-26-24-22-20-16-14-12-10-8-5-2/h31-33H,4-30H2,1-3H3. The van der Waals surface area contributed by atoms with E-state index in [1.807, 2.05) is 0 Å². The Morgan fingerprint density at radius 2 is 0.743 bits per heavy atom. The summed E-state index contributed by atoms with van der Waals surface area (Å²) in [6.45, 7) is 9.33. The summed E-state index contributed by atoms with van der Waals surface area (Å²) in [4.78, 5) is 5.22. The number of rotatable bonds is 27. The van der Waals surface area contributed by atoms with Crippen LogP contribution in [0.1, 0.15) is 181 Å². The molecule has 0 saturated heterocycles. The summed E-state index contributed by atoms with van der Waals surface area (Å²) in [6, 6.07) is 0. The van der Waals surface area contributed by atoms with E-state index in [1.165, 1.54) is 167 Å². The molecule has 1 rings (SSSR count). The third kappa shape index (κ3) is 18.3. The van der Waals surface area contributed by atoms with Crippen molar-refractivity contribution in [1.82, 2.24) is 9.80 Å². The molecular weight excluding hydrogens is 424 g/mol. The zero-order valence-electron chi connectivity index (χ0n) is 24.7. The molecule has 0 amide bonds. The Morgan fingerprint density at radius 1 is 0.400 bits per heavy atom. The Labute approximate surface area is 222 Å². The van der Waals surface area contributed by atoms with Gasteiger partial charge in [-0.25, -0.2) is 0 Å². The minimum atomic E-state index is 0.635. The van der Waals surface area contributed by atoms with Gasteiger partial charge in [-0.1, -0.05) is 155 Å². The highest BCUT2D eigenvalue weighted by Crippen LogP contribution is 2.23. The van der Waals surface area contributed by atoms with Crippen LogP contribution in [0.5, 0.6) is 0 Å². The van der Waals surface area contributed by atoms with Crippen LogP contribution in [-0.2, 0) is 0 Å². The van der Waals surface area contributed by atoms with Crippen molar-refractivity contribution in [2.24, 2.45) is 0 Å². The van der Waals surface area contributed by atoms with Crippen molar-refractivity contribution >= 4 is 0 Å². The van der Waals surface area contributed by atoms with Crippen molar-refractivity contribution in [3.63, 3.8) is 0 Å². The summed E-state index contributed by atoms with van der Waals surface area (Å²) >= 11 is 0. The maximum absolute atomic E-state index is 2.65. The van der Waals surface area contributed by atoms with Crippen LogP contribution >= 0.6 is 0 Å². The number of nitrogens with zero attached hydrogens (tertiary/aromatic N) is 2. The molecule has 0 aromatic carbocycles. The van der Waals surface area contributed by atoms with Gasteiger partial charge in [0.05, 0.1) is 0 Å². The molecular formula is C33H66N2. The van der Waals surface area contributed by atoms with E-state index in [2.05, 4.69) is 43.0 Å². The average molecular weight is 491 g/mol. The monoisotopic (exact) mass is 491 g/mol. The van der Waals surface area contributed by atoms with Gasteiger partial charge in [0, 0.05) is 25.5 Å². The SMILES string of the molecule is CCCCCCCCCCCCCCCC1N(CC)C=CN1CCCCCCCCCCCCC. The normalized spacial score (nSPS) is 15.6. The summed E-state index contributed by atoms with van der Waals surface area (Å²) in [7, 11) is 0. The molecule has 1 atom stereocenters. The minimum Gasteiger partial charge on any atom is -0.356 e. The Kier molecular flexibility index (Phi) is 23.1. The van der Waals surface area contributed by atoms with Crippen LogP contribution in [0.15, 0.2) is 12.4 Å². The van der Waals surface area contributed by atoms with Crippen LogP contribution in [0.3, 0.4) is 0 Å². The lowest BCUT2D eigenvalue weighted by molar-refractivity contribution is 0.142. The fraction of sp³-hybridized carbons (Fsp3) is 0.939. The van der Waals surface area contributed by atoms with Crippen molar-refractivity contribution < 1.29 is 0 Å². The Balaban J connectivity index is 1.97. The maximum atomic E-state index is 2.65. The van der Waals surface area contributed by atoms with Crippen LogP contribution in [0.2, 0.25) is 0 Å². The molecule has 0 spiro atoms. The molecule has 1 heterocycles. The van der Waals surface area contributed by atoms with Crippen molar-refractivity contribution in [3.05, 3.63) is 12.4 Å². The first-order valence-electron chi connectivity index (χ1n) is 16.5. The number of hydrogen-bond acceptors (Lipinski definition) is 2. The molecule has 1 unspecified atom stereocenters. The molecule has 0 N–H and O–H groups in total. The van der Waals surface area contributed by atoms with E-state index in [-0.39, 0.29) is 0 Å². The second-order valence-corrected chi connectivity index (χ2v) is 11.4. The van der Waals surface area contributed by atoms with E-state index in [0.29, 0.717) is 6.17 Å². The molecule has 1 aliphatic heterocycles. The van der Waals surface area contributed by atoms with E-state index in [0.717, 1.165) is 6.54 Å². The molecule has 2 nitrogen and oxygen atoms in total. The highest BCUT2D eigenvalue weighted by molar-refractivity contribution is 4.96. The summed E-state index contributed by atoms with van der Waals surface area (Å²) in [5.41, 5.74) is 0. The minimum absolute atomic E-state index is 0.635. The average Bonchev–Trinajstić information content (AvgIpc) is 3.27. The molecule has 0 saturated carbocycles. The third-order valence-electron chi connectivity index (χ3n) is 8.17. The highest BCUT2D eigenvalue weighted by Gasteiger charge is 2.23. The second kappa shape index (κ2) is 25.0. The molecule has 0 fully saturated rings. The predicted octanol–water partition coefficient (Wildman–Crippen LogP) is 11.2. The first kappa shape index (κ1) is 32.4. The Hall–Kier alpha value is -0.660. The summed E-state index contributed by atoms with van der Waals surface area (Å²) < 4.78 is 0. The Morgan fingerprint density at radius 3 is 1.14 bits per heavy atom. The predicted molar refractivity (Wildman–Crippen MR) is 159 cm³/mol. The summed E-state index contributed by atoms with van der Waals surface area (Å²) in [5.74, 6) is 0. The van der Waals surface area contributed by atoms with Gasteiger partial charge >= 0.3 is 0 Å².